The highest BCUT2D eigenvalue weighted by molar-refractivity contribution is 5.93. The Morgan fingerprint density at radius 1 is 1.08 bits per heavy atom. The lowest BCUT2D eigenvalue weighted by atomic mass is 10.1. The van der Waals surface area contributed by atoms with Crippen LogP contribution in [0.15, 0.2) is 78.3 Å². The fourth-order valence-electron chi connectivity index (χ4n) is 2.55. The van der Waals surface area contributed by atoms with Crippen LogP contribution in [-0.4, -0.2) is 22.1 Å². The number of aromatic nitrogens is 2. The van der Waals surface area contributed by atoms with Crippen molar-refractivity contribution in [3.05, 3.63) is 84.4 Å². The van der Waals surface area contributed by atoms with Crippen LogP contribution in [-0.2, 0) is 13.1 Å². The molecule has 1 heterocycles. The summed E-state index contributed by atoms with van der Waals surface area (Å²) in [5, 5.41) is 6.79. The van der Waals surface area contributed by atoms with Crippen molar-refractivity contribution in [3.63, 3.8) is 0 Å². The standard InChI is InChI=1S/C21H25N5/c1-18-8-10-19(11-9-18)16-24-21(25-20-6-3-2-4-7-20)23-12-5-14-26-15-13-22-17-26/h2-4,6-11,13,15,17H,5,12,14,16H2,1H3,(H2,23,24,25). The topological polar surface area (TPSA) is 54.2 Å². The predicted octanol–water partition coefficient (Wildman–Crippen LogP) is 3.84. The molecule has 0 amide bonds. The summed E-state index contributed by atoms with van der Waals surface area (Å²) in [6.45, 7) is 4.51. The van der Waals surface area contributed by atoms with Gasteiger partial charge in [0, 0.05) is 31.2 Å². The quantitative estimate of drug-likeness (QED) is 0.388. The molecular weight excluding hydrogens is 322 g/mol. The summed E-state index contributed by atoms with van der Waals surface area (Å²) < 4.78 is 2.08. The van der Waals surface area contributed by atoms with Crippen LogP contribution >= 0.6 is 0 Å². The van der Waals surface area contributed by atoms with Gasteiger partial charge in [0.2, 0.25) is 0 Å². The fourth-order valence-corrected chi connectivity index (χ4v) is 2.55. The van der Waals surface area contributed by atoms with E-state index < -0.39 is 0 Å². The van der Waals surface area contributed by atoms with Gasteiger partial charge in [0.05, 0.1) is 12.9 Å². The Labute approximate surface area is 154 Å². The van der Waals surface area contributed by atoms with Gasteiger partial charge in [0.15, 0.2) is 5.96 Å². The van der Waals surface area contributed by atoms with Crippen molar-refractivity contribution in [2.75, 3.05) is 11.9 Å². The average Bonchev–Trinajstić information content (AvgIpc) is 3.18. The van der Waals surface area contributed by atoms with Crippen LogP contribution in [0, 0.1) is 6.92 Å². The SMILES string of the molecule is Cc1ccc(CN=C(NCCCn2ccnc2)Nc2ccccc2)cc1. The number of hydrogen-bond donors (Lipinski definition) is 2. The zero-order chi connectivity index (χ0) is 18.0. The highest BCUT2D eigenvalue weighted by atomic mass is 15.2. The molecule has 2 aromatic carbocycles. The summed E-state index contributed by atoms with van der Waals surface area (Å²) in [6, 6.07) is 18.6. The highest BCUT2D eigenvalue weighted by Gasteiger charge is 2.01. The van der Waals surface area contributed by atoms with Gasteiger partial charge in [-0.3, -0.25) is 0 Å². The van der Waals surface area contributed by atoms with Gasteiger partial charge in [-0.1, -0.05) is 48.0 Å². The Morgan fingerprint density at radius 2 is 1.88 bits per heavy atom. The van der Waals surface area contributed by atoms with Crippen LogP contribution in [0.1, 0.15) is 17.5 Å². The second kappa shape index (κ2) is 9.42. The number of hydrogen-bond acceptors (Lipinski definition) is 2. The van der Waals surface area contributed by atoms with E-state index in [1.165, 1.54) is 11.1 Å². The van der Waals surface area contributed by atoms with E-state index in [-0.39, 0.29) is 0 Å². The first-order valence-electron chi connectivity index (χ1n) is 8.91. The number of imidazole rings is 1. The molecule has 0 bridgehead atoms. The van der Waals surface area contributed by atoms with E-state index in [1.54, 1.807) is 6.20 Å². The number of rotatable bonds is 7. The zero-order valence-corrected chi connectivity index (χ0v) is 15.1. The lowest BCUT2D eigenvalue weighted by molar-refractivity contribution is 0.629. The van der Waals surface area contributed by atoms with Gasteiger partial charge in [-0.25, -0.2) is 9.98 Å². The van der Waals surface area contributed by atoms with E-state index in [1.807, 2.05) is 42.9 Å². The molecule has 1 aromatic heterocycles. The Balaban J connectivity index is 1.58. The lowest BCUT2D eigenvalue weighted by Crippen LogP contribution is -2.32. The first-order valence-corrected chi connectivity index (χ1v) is 8.91. The Morgan fingerprint density at radius 3 is 2.62 bits per heavy atom. The second-order valence-corrected chi connectivity index (χ2v) is 6.22. The molecule has 0 fully saturated rings. The lowest BCUT2D eigenvalue weighted by Gasteiger charge is -2.13. The van der Waals surface area contributed by atoms with E-state index in [0.717, 1.165) is 31.2 Å². The molecule has 134 valence electrons. The maximum atomic E-state index is 4.73. The van der Waals surface area contributed by atoms with E-state index in [4.69, 9.17) is 4.99 Å². The molecule has 5 nitrogen and oxygen atoms in total. The molecule has 0 spiro atoms. The van der Waals surface area contributed by atoms with Crippen LogP contribution in [0.3, 0.4) is 0 Å². The molecule has 0 aliphatic heterocycles. The summed E-state index contributed by atoms with van der Waals surface area (Å²) in [6.07, 6.45) is 6.62. The first-order chi connectivity index (χ1) is 12.8. The highest BCUT2D eigenvalue weighted by Crippen LogP contribution is 2.07. The minimum absolute atomic E-state index is 0.643. The maximum absolute atomic E-state index is 4.73. The summed E-state index contributed by atoms with van der Waals surface area (Å²) >= 11 is 0. The fraction of sp³-hybridized carbons (Fsp3) is 0.238. The molecule has 0 atom stereocenters. The van der Waals surface area contributed by atoms with Gasteiger partial charge in [-0.2, -0.15) is 0 Å². The summed E-state index contributed by atoms with van der Waals surface area (Å²) in [4.78, 5) is 8.80. The third kappa shape index (κ3) is 5.77. The largest absolute Gasteiger partial charge is 0.356 e. The molecular formula is C21H25N5. The number of aliphatic imine (C=N–C) groups is 1. The van der Waals surface area contributed by atoms with Gasteiger partial charge in [0.25, 0.3) is 0 Å². The van der Waals surface area contributed by atoms with Crippen LogP contribution < -0.4 is 10.6 Å². The number of anilines is 1. The van der Waals surface area contributed by atoms with Crippen LogP contribution in [0.2, 0.25) is 0 Å². The molecule has 2 N–H and O–H groups in total. The van der Waals surface area contributed by atoms with Gasteiger partial charge >= 0.3 is 0 Å². The zero-order valence-electron chi connectivity index (χ0n) is 15.1. The number of benzene rings is 2. The number of nitrogens with one attached hydrogen (secondary N) is 2. The molecule has 0 aliphatic carbocycles. The maximum Gasteiger partial charge on any atom is 0.196 e. The third-order valence-electron chi connectivity index (χ3n) is 4.02. The third-order valence-corrected chi connectivity index (χ3v) is 4.02. The normalized spacial score (nSPS) is 11.3. The molecule has 3 aromatic rings. The van der Waals surface area contributed by atoms with E-state index in [2.05, 4.69) is 51.4 Å². The van der Waals surface area contributed by atoms with Crippen molar-refractivity contribution < 1.29 is 0 Å². The molecule has 0 saturated heterocycles. The van der Waals surface area contributed by atoms with E-state index in [0.29, 0.717) is 6.54 Å². The van der Waals surface area contributed by atoms with Crippen LogP contribution in [0.4, 0.5) is 5.69 Å². The van der Waals surface area contributed by atoms with Gasteiger partial charge in [-0.15, -0.1) is 0 Å². The summed E-state index contributed by atoms with van der Waals surface area (Å²) in [5.41, 5.74) is 3.48. The molecule has 0 radical (unpaired) electrons. The molecule has 0 saturated carbocycles. The van der Waals surface area contributed by atoms with Gasteiger partial charge in [-0.05, 0) is 31.0 Å². The predicted molar refractivity (Wildman–Crippen MR) is 107 cm³/mol. The van der Waals surface area contributed by atoms with E-state index >= 15 is 0 Å². The summed E-state index contributed by atoms with van der Waals surface area (Å²) in [5.74, 6) is 0.794. The smallest absolute Gasteiger partial charge is 0.196 e. The van der Waals surface area contributed by atoms with Crippen LogP contribution in [0.25, 0.3) is 0 Å². The Kier molecular flexibility index (Phi) is 6.42. The van der Waals surface area contributed by atoms with Crippen molar-refractivity contribution in [3.8, 4) is 0 Å². The van der Waals surface area contributed by atoms with E-state index in [9.17, 15) is 0 Å². The Bertz CT molecular complexity index is 792. The Hall–Kier alpha value is -3.08. The van der Waals surface area contributed by atoms with Crippen molar-refractivity contribution in [1.82, 2.24) is 14.9 Å². The minimum Gasteiger partial charge on any atom is -0.356 e. The summed E-state index contributed by atoms with van der Waals surface area (Å²) in [7, 11) is 0. The minimum atomic E-state index is 0.643. The van der Waals surface area contributed by atoms with Crippen molar-refractivity contribution in [2.24, 2.45) is 4.99 Å². The van der Waals surface area contributed by atoms with Crippen molar-refractivity contribution in [2.45, 2.75) is 26.4 Å². The second-order valence-electron chi connectivity index (χ2n) is 6.22. The van der Waals surface area contributed by atoms with Gasteiger partial charge in [0.1, 0.15) is 0 Å². The monoisotopic (exact) mass is 347 g/mol. The molecule has 5 heteroatoms. The number of guanidine groups is 1. The number of para-hydroxylation sites is 1. The molecule has 26 heavy (non-hydrogen) atoms. The average molecular weight is 347 g/mol. The van der Waals surface area contributed by atoms with Crippen molar-refractivity contribution in [1.29, 1.82) is 0 Å². The molecule has 0 unspecified atom stereocenters. The van der Waals surface area contributed by atoms with Gasteiger partial charge < -0.3 is 15.2 Å². The first kappa shape index (κ1) is 17.7. The molecule has 0 aliphatic rings. The van der Waals surface area contributed by atoms with Crippen molar-refractivity contribution >= 4 is 11.6 Å². The number of aryl methyl sites for hydroxylation is 2. The molecule has 3 rings (SSSR count). The van der Waals surface area contributed by atoms with Crippen LogP contribution in [0.5, 0.6) is 0 Å². The number of nitrogens with zero attached hydrogens (tertiary/aromatic N) is 3.